The third kappa shape index (κ3) is 3.74. The van der Waals surface area contributed by atoms with Crippen LogP contribution in [0.15, 0.2) is 53.9 Å². The molecule has 3 aromatic rings. The van der Waals surface area contributed by atoms with Gasteiger partial charge in [0, 0.05) is 39.8 Å². The molecule has 1 aromatic heterocycles. The zero-order chi connectivity index (χ0) is 17.4. The largest absolute Gasteiger partial charge is 0.332 e. The Bertz CT molecular complexity index is 976. The minimum atomic E-state index is 0.637. The molecule has 2 aromatic carbocycles. The van der Waals surface area contributed by atoms with Gasteiger partial charge >= 0.3 is 0 Å². The van der Waals surface area contributed by atoms with E-state index in [1.807, 2.05) is 47.4 Å². The lowest BCUT2D eigenvalue weighted by Gasteiger charge is -2.03. The number of nitrogens with zero attached hydrogens (tertiary/aromatic N) is 3. The van der Waals surface area contributed by atoms with Crippen LogP contribution in [0.3, 0.4) is 0 Å². The van der Waals surface area contributed by atoms with Gasteiger partial charge in [0.05, 0.1) is 24.3 Å². The van der Waals surface area contributed by atoms with Crippen LogP contribution in [0.4, 0.5) is 5.69 Å². The van der Waals surface area contributed by atoms with Crippen molar-refractivity contribution in [1.82, 2.24) is 9.55 Å². The van der Waals surface area contributed by atoms with Gasteiger partial charge in [0.15, 0.2) is 0 Å². The van der Waals surface area contributed by atoms with Crippen molar-refractivity contribution in [2.45, 2.75) is 19.4 Å². The van der Waals surface area contributed by atoms with Gasteiger partial charge in [-0.25, -0.2) is 4.98 Å². The van der Waals surface area contributed by atoms with E-state index in [2.05, 4.69) is 9.98 Å². The summed E-state index contributed by atoms with van der Waals surface area (Å²) in [5.74, 6) is 0. The molecule has 0 spiro atoms. The molecule has 0 atom stereocenters. The highest BCUT2D eigenvalue weighted by Gasteiger charge is 2.15. The molecule has 3 nitrogen and oxygen atoms in total. The summed E-state index contributed by atoms with van der Waals surface area (Å²) in [5.41, 5.74) is 5.26. The van der Waals surface area contributed by atoms with Crippen LogP contribution in [-0.4, -0.2) is 15.3 Å². The topological polar surface area (TPSA) is 30.2 Å². The van der Waals surface area contributed by atoms with E-state index in [0.717, 1.165) is 29.1 Å². The molecule has 0 amide bonds. The van der Waals surface area contributed by atoms with Crippen molar-refractivity contribution in [1.29, 1.82) is 0 Å². The third-order valence-electron chi connectivity index (χ3n) is 4.16. The molecule has 25 heavy (non-hydrogen) atoms. The normalized spacial score (nSPS) is 13.0. The van der Waals surface area contributed by atoms with Crippen LogP contribution >= 0.6 is 34.8 Å². The molecule has 0 unspecified atom stereocenters. The number of hydrogen-bond acceptors (Lipinski definition) is 2. The van der Waals surface area contributed by atoms with Crippen LogP contribution in [0.5, 0.6) is 0 Å². The molecule has 1 aliphatic heterocycles. The van der Waals surface area contributed by atoms with Gasteiger partial charge in [0.2, 0.25) is 0 Å². The molecule has 0 radical (unpaired) electrons. The number of fused-ring (bicyclic) bond motifs is 1. The number of hydrogen-bond donors (Lipinski definition) is 0. The smallest absolute Gasteiger partial charge is 0.0953 e. The van der Waals surface area contributed by atoms with Gasteiger partial charge in [-0.05, 0) is 35.4 Å². The summed E-state index contributed by atoms with van der Waals surface area (Å²) >= 11 is 18.2. The highest BCUT2D eigenvalue weighted by molar-refractivity contribution is 6.35. The molecular weight excluding hydrogens is 377 g/mol. The fourth-order valence-electron chi connectivity index (χ4n) is 2.97. The van der Waals surface area contributed by atoms with Crippen molar-refractivity contribution < 1.29 is 0 Å². The number of rotatable bonds is 4. The van der Waals surface area contributed by atoms with Crippen molar-refractivity contribution in [2.24, 2.45) is 4.99 Å². The Balaban J connectivity index is 1.46. The average Bonchev–Trinajstić information content (AvgIpc) is 3.16. The zero-order valence-electron chi connectivity index (χ0n) is 13.2. The highest BCUT2D eigenvalue weighted by Crippen LogP contribution is 2.30. The Labute approximate surface area is 160 Å². The van der Waals surface area contributed by atoms with Crippen LogP contribution < -0.4 is 0 Å². The summed E-state index contributed by atoms with van der Waals surface area (Å²) in [5, 5.41) is 2.02. The van der Waals surface area contributed by atoms with E-state index in [1.165, 1.54) is 5.56 Å². The second-order valence-electron chi connectivity index (χ2n) is 6.08. The first-order chi connectivity index (χ1) is 12.1. The first-order valence-corrected chi connectivity index (χ1v) is 8.99. The Morgan fingerprint density at radius 3 is 2.64 bits per heavy atom. The summed E-state index contributed by atoms with van der Waals surface area (Å²) < 4.78 is 2.05. The number of halogens is 3. The molecule has 0 saturated heterocycles. The standard InChI is InChI=1S/C19H14Cl3N3/c20-14-3-1-12(18(22)7-14)5-16-9-25(11-23-16)10-17-6-13-2-4-15(21)8-19(13)24-17/h1-4,7-9,11H,5-6,10H2. The van der Waals surface area contributed by atoms with Crippen LogP contribution in [0.1, 0.15) is 16.8 Å². The Morgan fingerprint density at radius 1 is 1.00 bits per heavy atom. The predicted octanol–water partition coefficient (Wildman–Crippen LogP) is 5.76. The number of benzene rings is 2. The summed E-state index contributed by atoms with van der Waals surface area (Å²) in [7, 11) is 0. The van der Waals surface area contributed by atoms with E-state index in [0.29, 0.717) is 28.0 Å². The Morgan fingerprint density at radius 2 is 1.80 bits per heavy atom. The maximum Gasteiger partial charge on any atom is 0.0953 e. The first-order valence-electron chi connectivity index (χ1n) is 7.86. The van der Waals surface area contributed by atoms with E-state index < -0.39 is 0 Å². The molecule has 0 saturated carbocycles. The van der Waals surface area contributed by atoms with Crippen LogP contribution in [0.25, 0.3) is 0 Å². The molecule has 126 valence electrons. The maximum atomic E-state index is 6.24. The molecular formula is C19H14Cl3N3. The SMILES string of the molecule is Clc1ccc(Cc2cn(CC3=Nc4cc(Cl)ccc4C3)cn2)c(Cl)c1. The van der Waals surface area contributed by atoms with Gasteiger partial charge in [-0.3, -0.25) is 4.99 Å². The molecule has 6 heteroatoms. The van der Waals surface area contributed by atoms with Crippen LogP contribution in [-0.2, 0) is 19.4 Å². The molecule has 2 heterocycles. The quantitative estimate of drug-likeness (QED) is 0.557. The van der Waals surface area contributed by atoms with Gasteiger partial charge in [-0.15, -0.1) is 0 Å². The van der Waals surface area contributed by atoms with Gasteiger partial charge in [0.25, 0.3) is 0 Å². The van der Waals surface area contributed by atoms with E-state index in [4.69, 9.17) is 34.8 Å². The monoisotopic (exact) mass is 389 g/mol. The van der Waals surface area contributed by atoms with Crippen molar-refractivity contribution in [3.05, 3.63) is 80.8 Å². The first kappa shape index (κ1) is 16.6. The molecule has 0 aliphatic carbocycles. The van der Waals surface area contributed by atoms with Gasteiger partial charge < -0.3 is 4.57 Å². The summed E-state index contributed by atoms with van der Waals surface area (Å²) in [6, 6.07) is 11.4. The second-order valence-corrected chi connectivity index (χ2v) is 7.36. The number of aromatic nitrogens is 2. The van der Waals surface area contributed by atoms with E-state index in [-0.39, 0.29) is 0 Å². The fraction of sp³-hybridized carbons (Fsp3) is 0.158. The Kier molecular flexibility index (Phi) is 4.55. The van der Waals surface area contributed by atoms with E-state index in [1.54, 1.807) is 6.07 Å². The molecule has 0 N–H and O–H groups in total. The molecule has 0 fully saturated rings. The average molecular weight is 391 g/mol. The summed E-state index contributed by atoms with van der Waals surface area (Å²) in [6.07, 6.45) is 5.38. The predicted molar refractivity (Wildman–Crippen MR) is 104 cm³/mol. The lowest BCUT2D eigenvalue weighted by molar-refractivity contribution is 0.842. The lowest BCUT2D eigenvalue weighted by Crippen LogP contribution is -2.08. The fourth-order valence-corrected chi connectivity index (χ4v) is 3.61. The highest BCUT2D eigenvalue weighted by atomic mass is 35.5. The van der Waals surface area contributed by atoms with Gasteiger partial charge in [0.1, 0.15) is 0 Å². The number of aliphatic imine (C=N–C) groups is 1. The zero-order valence-corrected chi connectivity index (χ0v) is 15.5. The molecule has 1 aliphatic rings. The summed E-state index contributed by atoms with van der Waals surface area (Å²) in [4.78, 5) is 9.15. The number of imidazole rings is 1. The van der Waals surface area contributed by atoms with Gasteiger partial charge in [-0.1, -0.05) is 46.9 Å². The Hall–Kier alpha value is -1.81. The minimum Gasteiger partial charge on any atom is -0.332 e. The molecule has 4 rings (SSSR count). The maximum absolute atomic E-state index is 6.24. The lowest BCUT2D eigenvalue weighted by atomic mass is 10.1. The van der Waals surface area contributed by atoms with E-state index in [9.17, 15) is 0 Å². The minimum absolute atomic E-state index is 0.637. The molecule has 0 bridgehead atoms. The van der Waals surface area contributed by atoms with Crippen LogP contribution in [0, 0.1) is 0 Å². The van der Waals surface area contributed by atoms with Crippen LogP contribution in [0.2, 0.25) is 15.1 Å². The van der Waals surface area contributed by atoms with Gasteiger partial charge in [-0.2, -0.15) is 0 Å². The summed E-state index contributed by atoms with van der Waals surface area (Å²) in [6.45, 7) is 0.716. The van der Waals surface area contributed by atoms with Crippen molar-refractivity contribution >= 4 is 46.2 Å². The second kappa shape index (κ2) is 6.83. The van der Waals surface area contributed by atoms with Crippen molar-refractivity contribution in [3.63, 3.8) is 0 Å². The van der Waals surface area contributed by atoms with Crippen molar-refractivity contribution in [3.8, 4) is 0 Å². The third-order valence-corrected chi connectivity index (χ3v) is 4.98. The van der Waals surface area contributed by atoms with E-state index >= 15 is 0 Å². The van der Waals surface area contributed by atoms with Crippen molar-refractivity contribution in [2.75, 3.05) is 0 Å².